The lowest BCUT2D eigenvalue weighted by atomic mass is 10.1. The van der Waals surface area contributed by atoms with Crippen molar-refractivity contribution in [2.45, 2.75) is 32.6 Å². The van der Waals surface area contributed by atoms with Crippen LogP contribution in [-0.2, 0) is 0 Å². The third kappa shape index (κ3) is 3.97. The Labute approximate surface area is 154 Å². The van der Waals surface area contributed by atoms with Gasteiger partial charge in [-0.3, -0.25) is 4.40 Å². The Balaban J connectivity index is 1.82. The minimum Gasteiger partial charge on any atom is -0.508 e. The Kier molecular flexibility index (Phi) is 5.75. The van der Waals surface area contributed by atoms with Crippen LogP contribution in [0.15, 0.2) is 42.6 Å². The first-order valence-electron chi connectivity index (χ1n) is 9.08. The summed E-state index contributed by atoms with van der Waals surface area (Å²) in [4.78, 5) is 8.47. The molecular formula is C21H25N4O+. The molecule has 26 heavy (non-hydrogen) atoms. The summed E-state index contributed by atoms with van der Waals surface area (Å²) in [5, 5.41) is 13.4. The van der Waals surface area contributed by atoms with Crippen molar-refractivity contribution in [3.63, 3.8) is 0 Å². The summed E-state index contributed by atoms with van der Waals surface area (Å²) in [6.07, 6.45) is 6.41. The third-order valence-electron chi connectivity index (χ3n) is 4.47. The third-order valence-corrected chi connectivity index (χ3v) is 4.47. The lowest BCUT2D eigenvalue weighted by Crippen LogP contribution is -2.05. The van der Waals surface area contributed by atoms with Crippen molar-refractivity contribution < 1.29 is 5.11 Å². The minimum atomic E-state index is 0.243. The van der Waals surface area contributed by atoms with Crippen molar-refractivity contribution in [2.24, 2.45) is 0 Å². The van der Waals surface area contributed by atoms with E-state index in [1.165, 1.54) is 0 Å². The van der Waals surface area contributed by atoms with Crippen LogP contribution in [-0.4, -0.2) is 27.6 Å². The summed E-state index contributed by atoms with van der Waals surface area (Å²) in [7, 11) is 0. The van der Waals surface area contributed by atoms with Crippen molar-refractivity contribution in [2.75, 3.05) is 18.4 Å². The number of aromatic hydroxyl groups is 1. The summed E-state index contributed by atoms with van der Waals surface area (Å²) < 4.78 is 2.09. The van der Waals surface area contributed by atoms with Gasteiger partial charge in [0.15, 0.2) is 0 Å². The minimum absolute atomic E-state index is 0.243. The van der Waals surface area contributed by atoms with Crippen molar-refractivity contribution in [3.05, 3.63) is 53.0 Å². The van der Waals surface area contributed by atoms with E-state index in [-0.39, 0.29) is 5.75 Å². The van der Waals surface area contributed by atoms with E-state index in [1.807, 2.05) is 24.4 Å². The van der Waals surface area contributed by atoms with E-state index < -0.39 is 0 Å². The molecule has 3 rings (SSSR count). The second-order valence-electron chi connectivity index (χ2n) is 6.49. The Bertz CT molecular complexity index is 923. The van der Waals surface area contributed by atoms with E-state index in [1.54, 1.807) is 12.1 Å². The van der Waals surface area contributed by atoms with Crippen LogP contribution in [0.4, 0.5) is 5.82 Å². The molecule has 0 saturated carbocycles. The molecule has 0 atom stereocenters. The average molecular weight is 349 g/mol. The second kappa shape index (κ2) is 8.39. The standard InChI is InChI=1S/C21H24N4O/c1-16-9-8-14-25-20(16)24-19(17-10-7-11-18(26)15-17)21(25)23-13-6-4-3-5-12-22-2/h2,7-11,14-15,23H,3-6,12-13H2,1H3/p+1. The van der Waals surface area contributed by atoms with Crippen LogP contribution in [0.25, 0.3) is 21.7 Å². The number of aromatic nitrogens is 2. The van der Waals surface area contributed by atoms with Gasteiger partial charge < -0.3 is 10.4 Å². The van der Waals surface area contributed by atoms with E-state index in [0.717, 1.165) is 67.1 Å². The fourth-order valence-corrected chi connectivity index (χ4v) is 3.12. The molecule has 3 aromatic rings. The van der Waals surface area contributed by atoms with E-state index in [4.69, 9.17) is 11.6 Å². The molecule has 0 aliphatic carbocycles. The van der Waals surface area contributed by atoms with Gasteiger partial charge in [-0.1, -0.05) is 29.5 Å². The molecule has 0 amide bonds. The number of benzene rings is 1. The van der Waals surface area contributed by atoms with Crippen molar-refractivity contribution in [3.8, 4) is 23.6 Å². The molecule has 0 saturated heterocycles. The number of pyridine rings is 1. The van der Waals surface area contributed by atoms with E-state index in [9.17, 15) is 5.11 Å². The quantitative estimate of drug-likeness (QED) is 0.566. The number of nitrogens with zero attached hydrogens (tertiary/aromatic N) is 3. The number of unbranched alkanes of at least 4 members (excludes halogenated alkanes) is 3. The smallest absolute Gasteiger partial charge is 0.263 e. The van der Waals surface area contributed by atoms with Gasteiger partial charge in [0.1, 0.15) is 22.9 Å². The predicted octanol–water partition coefficient (Wildman–Crippen LogP) is 4.95. The number of anilines is 1. The number of phenolic OH excluding ortho intramolecular Hbond substituents is 1. The largest absolute Gasteiger partial charge is 0.508 e. The highest BCUT2D eigenvalue weighted by atomic mass is 16.3. The van der Waals surface area contributed by atoms with Gasteiger partial charge in [-0.25, -0.2) is 4.98 Å². The molecule has 2 aromatic heterocycles. The zero-order chi connectivity index (χ0) is 18.4. The van der Waals surface area contributed by atoms with Gasteiger partial charge in [-0.05, 0) is 43.5 Å². The number of hydrogen-bond acceptors (Lipinski definition) is 3. The number of hydrogen-bond donors (Lipinski definition) is 2. The maximum Gasteiger partial charge on any atom is 0.263 e. The first-order valence-corrected chi connectivity index (χ1v) is 9.08. The van der Waals surface area contributed by atoms with Gasteiger partial charge in [0.2, 0.25) is 0 Å². The first-order chi connectivity index (χ1) is 12.7. The van der Waals surface area contributed by atoms with Crippen LogP contribution in [0.2, 0.25) is 0 Å². The van der Waals surface area contributed by atoms with E-state index in [2.05, 4.69) is 27.6 Å². The molecule has 0 bridgehead atoms. The van der Waals surface area contributed by atoms with Crippen LogP contribution in [0.5, 0.6) is 5.75 Å². The Morgan fingerprint density at radius 2 is 2.00 bits per heavy atom. The number of fused-ring (bicyclic) bond motifs is 1. The van der Waals surface area contributed by atoms with E-state index >= 15 is 0 Å². The lowest BCUT2D eigenvalue weighted by molar-refractivity contribution is 0.475. The molecule has 2 heterocycles. The average Bonchev–Trinajstić information content (AvgIpc) is 3.01. The van der Waals surface area contributed by atoms with Crippen LogP contribution >= 0.6 is 0 Å². The zero-order valence-corrected chi connectivity index (χ0v) is 15.2. The molecule has 1 aromatic carbocycles. The predicted molar refractivity (Wildman–Crippen MR) is 107 cm³/mol. The van der Waals surface area contributed by atoms with Gasteiger partial charge >= 0.3 is 0 Å². The second-order valence-corrected chi connectivity index (χ2v) is 6.49. The van der Waals surface area contributed by atoms with Crippen molar-refractivity contribution in [1.82, 2.24) is 9.38 Å². The highest BCUT2D eigenvalue weighted by Gasteiger charge is 2.15. The zero-order valence-electron chi connectivity index (χ0n) is 15.2. The van der Waals surface area contributed by atoms with Gasteiger partial charge in [0.05, 0.1) is 0 Å². The molecule has 0 radical (unpaired) electrons. The summed E-state index contributed by atoms with van der Waals surface area (Å²) in [5.41, 5.74) is 3.81. The fraction of sp³-hybridized carbons (Fsp3) is 0.333. The highest BCUT2D eigenvalue weighted by molar-refractivity contribution is 5.78. The van der Waals surface area contributed by atoms with Gasteiger partial charge in [-0.2, -0.15) is 0 Å². The molecular weight excluding hydrogens is 324 g/mol. The molecule has 0 aliphatic rings. The number of aryl methyl sites for hydroxylation is 1. The molecule has 5 heteroatoms. The monoisotopic (exact) mass is 349 g/mol. The SMILES string of the molecule is C#[N+]CCCCCCNc1c(-c2cccc(O)c2)nc2c(C)cccn12. The Morgan fingerprint density at radius 3 is 2.81 bits per heavy atom. The molecule has 0 fully saturated rings. The maximum absolute atomic E-state index is 9.84. The highest BCUT2D eigenvalue weighted by Crippen LogP contribution is 2.31. The van der Waals surface area contributed by atoms with Crippen LogP contribution < -0.4 is 5.32 Å². The topological polar surface area (TPSA) is 53.9 Å². The van der Waals surface area contributed by atoms with Crippen LogP contribution in [0, 0.1) is 13.5 Å². The van der Waals surface area contributed by atoms with Crippen LogP contribution in [0.1, 0.15) is 31.2 Å². The Hall–Kier alpha value is -3.00. The summed E-state index contributed by atoms with van der Waals surface area (Å²) in [5.74, 6) is 1.21. The summed E-state index contributed by atoms with van der Waals surface area (Å²) in [6, 6.07) is 11.3. The first kappa shape index (κ1) is 17.8. The molecule has 134 valence electrons. The molecule has 0 unspecified atom stereocenters. The summed E-state index contributed by atoms with van der Waals surface area (Å²) in [6.45, 7) is 8.83. The Morgan fingerprint density at radius 1 is 1.15 bits per heavy atom. The molecule has 2 N–H and O–H groups in total. The molecule has 0 aliphatic heterocycles. The maximum atomic E-state index is 9.84. The van der Waals surface area contributed by atoms with Crippen molar-refractivity contribution >= 4 is 11.5 Å². The van der Waals surface area contributed by atoms with Gasteiger partial charge in [-0.15, -0.1) is 0 Å². The van der Waals surface area contributed by atoms with Gasteiger partial charge in [0.25, 0.3) is 13.1 Å². The van der Waals surface area contributed by atoms with Crippen molar-refractivity contribution in [1.29, 1.82) is 0 Å². The number of rotatable bonds is 8. The molecule has 5 nitrogen and oxygen atoms in total. The number of nitrogens with one attached hydrogen (secondary N) is 1. The fourth-order valence-electron chi connectivity index (χ4n) is 3.12. The van der Waals surface area contributed by atoms with Gasteiger partial charge in [0, 0.05) is 24.7 Å². The lowest BCUT2D eigenvalue weighted by Gasteiger charge is -2.09. The van der Waals surface area contributed by atoms with Crippen LogP contribution in [0.3, 0.4) is 0 Å². The summed E-state index contributed by atoms with van der Waals surface area (Å²) >= 11 is 0. The number of phenols is 1. The van der Waals surface area contributed by atoms with E-state index in [0.29, 0.717) is 0 Å². The molecule has 0 spiro atoms. The number of imidazole rings is 1. The normalized spacial score (nSPS) is 10.8.